The highest BCUT2D eigenvalue weighted by atomic mass is 35.5. The number of rotatable bonds is 3. The second kappa shape index (κ2) is 7.15. The summed E-state index contributed by atoms with van der Waals surface area (Å²) < 4.78 is 11.3. The summed E-state index contributed by atoms with van der Waals surface area (Å²) >= 11 is 13.4. The lowest BCUT2D eigenvalue weighted by Crippen LogP contribution is -2.40. The number of carbonyl (C=O) groups excluding carboxylic acids is 1. The lowest BCUT2D eigenvalue weighted by atomic mass is 10.2. The van der Waals surface area contributed by atoms with Crippen LogP contribution in [0.3, 0.4) is 0 Å². The van der Waals surface area contributed by atoms with Gasteiger partial charge in [-0.2, -0.15) is 0 Å². The second-order valence-corrected chi connectivity index (χ2v) is 7.22. The van der Waals surface area contributed by atoms with E-state index in [4.69, 9.17) is 32.7 Å². The van der Waals surface area contributed by atoms with Crippen molar-refractivity contribution in [3.63, 3.8) is 0 Å². The fourth-order valence-corrected chi connectivity index (χ4v) is 3.71. The van der Waals surface area contributed by atoms with Crippen LogP contribution in [-0.2, 0) is 4.79 Å². The van der Waals surface area contributed by atoms with Crippen LogP contribution in [0.2, 0.25) is 10.0 Å². The van der Waals surface area contributed by atoms with E-state index in [0.717, 1.165) is 5.56 Å². The van der Waals surface area contributed by atoms with Crippen LogP contribution in [0.5, 0.6) is 11.5 Å². The number of nitrogens with one attached hydrogen (secondary N) is 1. The fraction of sp³-hybridized carbons (Fsp3) is 0.111. The largest absolute Gasteiger partial charge is 0.485 e. The van der Waals surface area contributed by atoms with E-state index in [-0.39, 0.29) is 12.5 Å². The van der Waals surface area contributed by atoms with Gasteiger partial charge in [-0.05, 0) is 30.3 Å². The number of ether oxygens (including phenoxy) is 2. The molecule has 2 heterocycles. The Hall–Kier alpha value is -2.28. The lowest BCUT2D eigenvalue weighted by molar-refractivity contribution is -0.125. The number of benzene rings is 2. The minimum atomic E-state index is -0.739. The number of thiazole rings is 1. The van der Waals surface area contributed by atoms with Crippen molar-refractivity contribution in [2.45, 2.75) is 6.10 Å². The number of halogens is 2. The normalized spacial score (nSPS) is 15.5. The van der Waals surface area contributed by atoms with Crippen LogP contribution in [0.1, 0.15) is 0 Å². The maximum Gasteiger partial charge on any atom is 0.270 e. The van der Waals surface area contributed by atoms with Gasteiger partial charge < -0.3 is 9.47 Å². The number of aromatic nitrogens is 1. The molecule has 1 aromatic heterocycles. The third-order valence-electron chi connectivity index (χ3n) is 3.74. The molecule has 1 aliphatic rings. The van der Waals surface area contributed by atoms with Crippen molar-refractivity contribution in [3.05, 3.63) is 57.9 Å². The molecular formula is C18H12Cl2N2O3S. The summed E-state index contributed by atoms with van der Waals surface area (Å²) in [6.07, 6.45) is -0.739. The minimum absolute atomic E-state index is 0.143. The molecule has 4 rings (SSSR count). The van der Waals surface area contributed by atoms with Gasteiger partial charge in [-0.1, -0.05) is 35.3 Å². The van der Waals surface area contributed by atoms with Crippen LogP contribution in [0.4, 0.5) is 5.13 Å². The molecule has 0 fully saturated rings. The molecule has 0 aliphatic carbocycles. The summed E-state index contributed by atoms with van der Waals surface area (Å²) in [6.45, 7) is 0.143. The zero-order valence-corrected chi connectivity index (χ0v) is 15.6. The van der Waals surface area contributed by atoms with Crippen LogP contribution in [0.15, 0.2) is 47.8 Å². The summed E-state index contributed by atoms with van der Waals surface area (Å²) in [5.74, 6) is 0.861. The Morgan fingerprint density at radius 2 is 2.00 bits per heavy atom. The first-order chi connectivity index (χ1) is 12.6. The molecule has 0 bridgehead atoms. The predicted octanol–water partition coefficient (Wildman–Crippen LogP) is 4.90. The summed E-state index contributed by atoms with van der Waals surface area (Å²) in [7, 11) is 0. The average Bonchev–Trinajstić information content (AvgIpc) is 3.09. The van der Waals surface area contributed by atoms with Gasteiger partial charge in [0.25, 0.3) is 5.91 Å². The van der Waals surface area contributed by atoms with Gasteiger partial charge in [-0.15, -0.1) is 11.3 Å². The number of anilines is 1. The molecule has 1 atom stereocenters. The maximum atomic E-state index is 12.4. The first-order valence-electron chi connectivity index (χ1n) is 7.70. The average molecular weight is 407 g/mol. The van der Waals surface area contributed by atoms with Gasteiger partial charge in [0.15, 0.2) is 16.6 Å². The van der Waals surface area contributed by atoms with E-state index in [1.54, 1.807) is 30.3 Å². The molecule has 1 unspecified atom stereocenters. The highest BCUT2D eigenvalue weighted by Gasteiger charge is 2.28. The number of hydrogen-bond donors (Lipinski definition) is 1. The van der Waals surface area contributed by atoms with Crippen LogP contribution < -0.4 is 14.8 Å². The van der Waals surface area contributed by atoms with Crippen LogP contribution in [0, 0.1) is 0 Å². The van der Waals surface area contributed by atoms with Crippen molar-refractivity contribution in [3.8, 4) is 22.8 Å². The van der Waals surface area contributed by atoms with E-state index in [2.05, 4.69) is 10.3 Å². The van der Waals surface area contributed by atoms with Crippen molar-refractivity contribution >= 4 is 45.6 Å². The molecule has 0 radical (unpaired) electrons. The molecule has 8 heteroatoms. The molecular weight excluding hydrogens is 395 g/mol. The standard InChI is InChI=1S/C18H12Cl2N2O3S/c19-10-5-6-11(12(20)7-10)13-9-26-18(21-13)22-17(23)16-8-24-14-3-1-2-4-15(14)25-16/h1-7,9,16H,8H2,(H,21,22,23). The molecule has 1 amide bonds. The van der Waals surface area contributed by atoms with E-state index in [1.165, 1.54) is 11.3 Å². The van der Waals surface area contributed by atoms with Gasteiger partial charge in [-0.25, -0.2) is 4.98 Å². The minimum Gasteiger partial charge on any atom is -0.485 e. The number of para-hydroxylation sites is 2. The van der Waals surface area contributed by atoms with E-state index in [9.17, 15) is 4.79 Å². The number of hydrogen-bond acceptors (Lipinski definition) is 5. The summed E-state index contributed by atoms with van der Waals surface area (Å²) in [6, 6.07) is 12.4. The number of amides is 1. The number of nitrogens with zero attached hydrogens (tertiary/aromatic N) is 1. The third kappa shape index (κ3) is 3.49. The first-order valence-corrected chi connectivity index (χ1v) is 9.34. The van der Waals surface area contributed by atoms with E-state index in [1.807, 2.05) is 17.5 Å². The number of carbonyl (C=O) groups is 1. The van der Waals surface area contributed by atoms with Crippen molar-refractivity contribution < 1.29 is 14.3 Å². The predicted molar refractivity (Wildman–Crippen MR) is 103 cm³/mol. The number of fused-ring (bicyclic) bond motifs is 1. The van der Waals surface area contributed by atoms with E-state index in [0.29, 0.717) is 32.4 Å². The Labute approximate surface area is 163 Å². The zero-order chi connectivity index (χ0) is 18.1. The quantitative estimate of drug-likeness (QED) is 0.671. The molecule has 1 N–H and O–H groups in total. The summed E-state index contributed by atoms with van der Waals surface area (Å²) in [4.78, 5) is 16.9. The molecule has 132 valence electrons. The van der Waals surface area contributed by atoms with Crippen molar-refractivity contribution in [1.29, 1.82) is 0 Å². The molecule has 0 saturated heterocycles. The van der Waals surface area contributed by atoms with Crippen molar-refractivity contribution in [2.24, 2.45) is 0 Å². The zero-order valence-electron chi connectivity index (χ0n) is 13.2. The molecule has 3 aromatic rings. The van der Waals surface area contributed by atoms with Gasteiger partial charge in [0.05, 0.1) is 10.7 Å². The van der Waals surface area contributed by atoms with Crippen LogP contribution >= 0.6 is 34.5 Å². The Morgan fingerprint density at radius 3 is 2.81 bits per heavy atom. The summed E-state index contributed by atoms with van der Waals surface area (Å²) in [5.41, 5.74) is 1.41. The first kappa shape index (κ1) is 17.1. The van der Waals surface area contributed by atoms with Crippen LogP contribution in [0.25, 0.3) is 11.3 Å². The maximum absolute atomic E-state index is 12.4. The van der Waals surface area contributed by atoms with E-state index < -0.39 is 6.10 Å². The SMILES string of the molecule is O=C(Nc1nc(-c2ccc(Cl)cc2Cl)cs1)C1COc2ccccc2O1. The van der Waals surface area contributed by atoms with E-state index >= 15 is 0 Å². The van der Waals surface area contributed by atoms with Gasteiger partial charge in [0.2, 0.25) is 6.10 Å². The van der Waals surface area contributed by atoms with Gasteiger partial charge >= 0.3 is 0 Å². The Balaban J connectivity index is 1.47. The third-order valence-corrected chi connectivity index (χ3v) is 5.05. The second-order valence-electron chi connectivity index (χ2n) is 5.52. The molecule has 1 aliphatic heterocycles. The topological polar surface area (TPSA) is 60.5 Å². The molecule has 0 spiro atoms. The molecule has 0 saturated carbocycles. The Morgan fingerprint density at radius 1 is 1.19 bits per heavy atom. The Bertz CT molecular complexity index is 977. The molecule has 2 aromatic carbocycles. The monoisotopic (exact) mass is 406 g/mol. The van der Waals surface area contributed by atoms with Crippen molar-refractivity contribution in [1.82, 2.24) is 4.98 Å². The smallest absolute Gasteiger partial charge is 0.270 e. The fourth-order valence-electron chi connectivity index (χ4n) is 2.49. The Kier molecular flexibility index (Phi) is 4.72. The van der Waals surface area contributed by atoms with Crippen molar-refractivity contribution in [2.75, 3.05) is 11.9 Å². The van der Waals surface area contributed by atoms with Gasteiger partial charge in [-0.3, -0.25) is 10.1 Å². The molecule has 26 heavy (non-hydrogen) atoms. The van der Waals surface area contributed by atoms with Crippen LogP contribution in [-0.4, -0.2) is 23.6 Å². The summed E-state index contributed by atoms with van der Waals surface area (Å²) in [5, 5.41) is 6.09. The lowest BCUT2D eigenvalue weighted by Gasteiger charge is -2.25. The highest BCUT2D eigenvalue weighted by molar-refractivity contribution is 7.14. The van der Waals surface area contributed by atoms with Gasteiger partial charge in [0.1, 0.15) is 6.61 Å². The highest BCUT2D eigenvalue weighted by Crippen LogP contribution is 2.33. The molecule has 5 nitrogen and oxygen atoms in total. The van der Waals surface area contributed by atoms with Gasteiger partial charge in [0, 0.05) is 16.0 Å².